The van der Waals surface area contributed by atoms with Crippen molar-refractivity contribution >= 4 is 55.0 Å². The Morgan fingerprint density at radius 2 is 0.963 bits per heavy atom. The van der Waals surface area contributed by atoms with Crippen LogP contribution in [0.3, 0.4) is 0 Å². The van der Waals surface area contributed by atoms with Gasteiger partial charge in [-0.15, -0.1) is 0 Å². The summed E-state index contributed by atoms with van der Waals surface area (Å²) < 4.78 is 155. The van der Waals surface area contributed by atoms with Gasteiger partial charge >= 0.3 is 0 Å². The van der Waals surface area contributed by atoms with E-state index in [0.717, 1.165) is 103 Å². The molecule has 0 aliphatic carbocycles. The Morgan fingerprint density at radius 1 is 0.505 bits per heavy atom. The Bertz CT molecular complexity index is 5520. The highest BCUT2D eigenvalue weighted by Crippen LogP contribution is 2.53. The van der Waals surface area contributed by atoms with Gasteiger partial charge in [-0.25, -0.2) is 26.3 Å². The predicted octanol–water partition coefficient (Wildman–Crippen LogP) is 13.5. The SMILES string of the molecule is COc1ccc2c(Cc3c(F)cccc3F)c3[n+](cc2c1OC)CCc1cc2c(cc1-3)OCO2.COc1ccc2c(Cc3c(F)cccc3F)c3n(c(=O)c2c1OC)CCc1cc2c(cc1-3)OCO2.COc1ccc2c(c1OC)C(CC(C)=O)N1CCc3cc4c(cc3C1=C2)OCO4.Fc1cccc(F)c1CBr.[Br-]. The number of carbonyl (C=O) groups excluding carboxylic acids is 1. The van der Waals surface area contributed by atoms with Crippen LogP contribution in [-0.4, -0.2) is 84.8 Å². The molecular weight excluding hydrogens is 1550 g/mol. The smallest absolute Gasteiger partial charge is 0.262 e. The molecule has 0 fully saturated rings. The average molecular weight is 1620 g/mol. The minimum atomic E-state index is -0.648. The van der Waals surface area contributed by atoms with Gasteiger partial charge in [-0.05, 0) is 162 Å². The number of carbonyl (C=O) groups is 1. The van der Waals surface area contributed by atoms with E-state index in [1.165, 1.54) is 74.4 Å². The number of aromatic nitrogens is 2. The summed E-state index contributed by atoms with van der Waals surface area (Å²) in [5.74, 6) is 4.13. The summed E-state index contributed by atoms with van der Waals surface area (Å²) in [7, 11) is 9.42. The van der Waals surface area contributed by atoms with Gasteiger partial charge in [-0.3, -0.25) is 9.59 Å². The summed E-state index contributed by atoms with van der Waals surface area (Å²) >= 11 is 2.98. The molecule has 17 nitrogen and oxygen atoms in total. The number of alkyl halides is 1. The van der Waals surface area contributed by atoms with E-state index in [-0.39, 0.29) is 95.4 Å². The molecule has 7 aliphatic heterocycles. The average Bonchev–Trinajstić information content (AvgIpc) is 0.934. The summed E-state index contributed by atoms with van der Waals surface area (Å²) in [6, 6.07) is 34.5. The van der Waals surface area contributed by atoms with Crippen LogP contribution in [-0.2, 0) is 55.3 Å². The van der Waals surface area contributed by atoms with Crippen LogP contribution in [0.25, 0.3) is 55.8 Å². The highest BCUT2D eigenvalue weighted by molar-refractivity contribution is 9.08. The first-order chi connectivity index (χ1) is 52.4. The first-order valence-electron chi connectivity index (χ1n) is 34.7. The molecule has 1 atom stereocenters. The minimum Gasteiger partial charge on any atom is -1.00 e. The molecule has 0 spiro atoms. The molecule has 0 amide bonds. The number of hydrogen-bond donors (Lipinski definition) is 0. The third-order valence-corrected chi connectivity index (χ3v) is 21.1. The van der Waals surface area contributed by atoms with Crippen LogP contribution in [0.1, 0.15) is 80.6 Å². The first-order valence-corrected chi connectivity index (χ1v) is 35.8. The summed E-state index contributed by atoms with van der Waals surface area (Å²) in [4.78, 5) is 28.3. The van der Waals surface area contributed by atoms with E-state index in [0.29, 0.717) is 94.0 Å². The number of rotatable bonds is 13. The van der Waals surface area contributed by atoms with Crippen molar-refractivity contribution in [3.8, 4) is 91.5 Å². The highest BCUT2D eigenvalue weighted by atomic mass is 79.9. The van der Waals surface area contributed by atoms with Crippen molar-refractivity contribution in [1.29, 1.82) is 0 Å². The van der Waals surface area contributed by atoms with Crippen molar-refractivity contribution in [2.45, 2.75) is 69.9 Å². The van der Waals surface area contributed by atoms with Gasteiger partial charge in [0.15, 0.2) is 81.7 Å². The molecule has 25 heteroatoms. The molecule has 1 unspecified atom stereocenters. The Kier molecular flexibility index (Phi) is 21.5. The lowest BCUT2D eigenvalue weighted by Gasteiger charge is -2.43. The lowest BCUT2D eigenvalue weighted by atomic mass is 9.84. The van der Waals surface area contributed by atoms with E-state index in [1.807, 2.05) is 54.7 Å². The molecule has 9 aromatic carbocycles. The number of pyridine rings is 2. The maximum Gasteiger partial charge on any atom is 0.262 e. The van der Waals surface area contributed by atoms with Crippen molar-refractivity contribution in [3.05, 3.63) is 240 Å². The van der Waals surface area contributed by atoms with Gasteiger partial charge in [0.2, 0.25) is 26.1 Å². The van der Waals surface area contributed by atoms with Crippen molar-refractivity contribution < 1.29 is 110 Å². The van der Waals surface area contributed by atoms with Crippen molar-refractivity contribution in [2.75, 3.05) is 69.6 Å². The monoisotopic (exact) mass is 1620 g/mol. The minimum absolute atomic E-state index is 0. The van der Waals surface area contributed by atoms with Gasteiger partial charge in [-0.2, -0.15) is 4.57 Å². The fraction of sp³-hybridized carbons (Fsp3) is 0.250. The number of ether oxygens (including phenoxy) is 12. The first kappa shape index (κ1) is 74.8. The predicted molar refractivity (Wildman–Crippen MR) is 395 cm³/mol. The summed E-state index contributed by atoms with van der Waals surface area (Å²) in [5.41, 5.74) is 12.1. The van der Waals surface area contributed by atoms with Gasteiger partial charge in [0.05, 0.1) is 70.7 Å². The third kappa shape index (κ3) is 13.7. The molecule has 2 aromatic heterocycles. The van der Waals surface area contributed by atoms with Crippen molar-refractivity contribution in [3.63, 3.8) is 0 Å². The third-order valence-electron chi connectivity index (χ3n) is 20.5. The molecule has 0 N–H and O–H groups in total. The Hall–Kier alpha value is -11.1. The van der Waals surface area contributed by atoms with E-state index >= 15 is 0 Å². The van der Waals surface area contributed by atoms with Crippen LogP contribution >= 0.6 is 15.9 Å². The number of halogens is 8. The van der Waals surface area contributed by atoms with E-state index in [4.69, 9.17) is 56.8 Å². The van der Waals surface area contributed by atoms with E-state index in [2.05, 4.69) is 43.6 Å². The molecule has 11 aromatic rings. The maximum absolute atomic E-state index is 14.8. The summed E-state index contributed by atoms with van der Waals surface area (Å²) in [6.07, 6.45) is 6.88. The number of fused-ring (bicyclic) bond motifs is 15. The Balaban J connectivity index is 0.000000128. The zero-order chi connectivity index (χ0) is 75.3. The lowest BCUT2D eigenvalue weighted by molar-refractivity contribution is -0.686. The Morgan fingerprint density at radius 3 is 1.49 bits per heavy atom. The number of Topliss-reactive ketones (excluding diaryl/α,β-unsaturated/α-hetero) is 1. The zero-order valence-corrected chi connectivity index (χ0v) is 63.3. The van der Waals surface area contributed by atoms with Crippen molar-refractivity contribution in [2.24, 2.45) is 0 Å². The van der Waals surface area contributed by atoms with E-state index in [1.54, 1.807) is 52.1 Å². The topological polar surface area (TPSA) is 157 Å². The van der Waals surface area contributed by atoms with Crippen LogP contribution in [0.5, 0.6) is 69.0 Å². The van der Waals surface area contributed by atoms with Crippen LogP contribution < -0.4 is 84.0 Å². The fourth-order valence-corrected chi connectivity index (χ4v) is 16.1. The van der Waals surface area contributed by atoms with Gasteiger partial charge in [0, 0.05) is 94.1 Å². The lowest BCUT2D eigenvalue weighted by Crippen LogP contribution is -3.00. The van der Waals surface area contributed by atoms with Crippen LogP contribution in [0.15, 0.2) is 138 Å². The van der Waals surface area contributed by atoms with Gasteiger partial charge in [0.1, 0.15) is 40.7 Å². The fourth-order valence-electron chi connectivity index (χ4n) is 15.5. The molecule has 0 saturated heterocycles. The molecule has 0 saturated carbocycles. The second-order valence-electron chi connectivity index (χ2n) is 26.3. The van der Waals surface area contributed by atoms with Crippen LogP contribution in [0.4, 0.5) is 26.3 Å². The summed E-state index contributed by atoms with van der Waals surface area (Å²) in [5, 5.41) is 2.74. The molecule has 0 radical (unpaired) electrons. The van der Waals surface area contributed by atoms with E-state index < -0.39 is 34.9 Å². The van der Waals surface area contributed by atoms with Gasteiger partial charge in [-0.1, -0.05) is 40.2 Å². The second-order valence-corrected chi connectivity index (χ2v) is 26.9. The van der Waals surface area contributed by atoms with Crippen LogP contribution in [0, 0.1) is 34.9 Å². The van der Waals surface area contributed by atoms with Crippen molar-refractivity contribution in [1.82, 2.24) is 9.47 Å². The molecule has 7 aliphatic rings. The standard InChI is InChI=1S/C27H21F2NO5.C27H22F2NO4.C23H23NO5.C7H5BrF2.BrH/c1-32-21-7-6-15-17(11-18-19(28)4-3-5-20(18)29)25-16-12-23-22(34-13-35-23)10-14(16)8-9-30(25)27(31)24(15)26(21)33-2;1-31-23-7-6-16-18(11-19-21(28)4-3-5-22(19)29)26-17-12-25-24(33-14-34-25)10-15(17)8-9-30(26)13-20(16)27(23)32-2;1-13(25)8-18-22-15(4-5-19(26-2)23(22)27-3)9-17-16-11-21-20(28-12-29-21)10-14(16)6-7-24(17)18;8-4-5-6(9)2-1-3-7(5)10;/h3-7,10,12H,8-9,11,13H2,1-2H3;3-7,10,12-13H,8-9,11,14H2,1-2H3;4-5,9-11,18H,6-8,12H2,1-3H3;1-3H,4H2;1H/q;+1;;;/p-1. The van der Waals surface area contributed by atoms with Gasteiger partial charge < -0.3 is 83.3 Å². The number of hydrogen-bond acceptors (Lipinski definition) is 15. The molecular formula is C84H71Br2F6N3O14. The second kappa shape index (κ2) is 31.3. The number of nitrogens with zero attached hydrogens (tertiary/aromatic N) is 3. The Labute approximate surface area is 641 Å². The molecule has 18 rings (SSSR count). The number of ketones is 1. The molecule has 9 heterocycles. The normalized spacial score (nSPS) is 14.3. The number of aryl methyl sites for hydroxylation is 3. The van der Waals surface area contributed by atoms with Crippen LogP contribution in [0.2, 0.25) is 0 Å². The van der Waals surface area contributed by atoms with E-state index in [9.17, 15) is 35.9 Å². The largest absolute Gasteiger partial charge is 1.00 e. The molecule has 109 heavy (non-hydrogen) atoms. The molecule has 0 bridgehead atoms. The number of methoxy groups -OCH3 is 6. The number of benzene rings is 9. The molecule has 562 valence electrons. The zero-order valence-electron chi connectivity index (χ0n) is 60.1. The maximum atomic E-state index is 14.8. The quantitative estimate of drug-likeness (QED) is 0.0610. The van der Waals surface area contributed by atoms with Gasteiger partial charge in [0.25, 0.3) is 5.56 Å². The highest BCUT2D eigenvalue weighted by Gasteiger charge is 2.39. The summed E-state index contributed by atoms with van der Waals surface area (Å²) in [6.45, 7) is 4.10.